The smallest absolute Gasteiger partial charge is 0.116 e. The number of nitrogens with one attached hydrogen (secondary N) is 1. The van der Waals surface area contributed by atoms with E-state index in [4.69, 9.17) is 0 Å². The summed E-state index contributed by atoms with van der Waals surface area (Å²) in [5.41, 5.74) is 1.95. The van der Waals surface area contributed by atoms with E-state index in [-0.39, 0.29) is 5.75 Å². The van der Waals surface area contributed by atoms with Crippen LogP contribution in [0.2, 0.25) is 0 Å². The molecule has 0 amide bonds. The van der Waals surface area contributed by atoms with Gasteiger partial charge in [-0.2, -0.15) is 0 Å². The summed E-state index contributed by atoms with van der Waals surface area (Å²) in [4.78, 5) is 0. The third-order valence-corrected chi connectivity index (χ3v) is 2.66. The standard InChI is InChI=1S/C12H10BrNO/c13-11-8-10(15)6-7-12(11)14-9-4-2-1-3-5-9/h1-8,14-15H. The van der Waals surface area contributed by atoms with Gasteiger partial charge in [0.1, 0.15) is 5.75 Å². The van der Waals surface area contributed by atoms with E-state index in [2.05, 4.69) is 21.2 Å². The van der Waals surface area contributed by atoms with E-state index in [0.29, 0.717) is 0 Å². The summed E-state index contributed by atoms with van der Waals surface area (Å²) >= 11 is 3.38. The van der Waals surface area contributed by atoms with Gasteiger partial charge in [-0.1, -0.05) is 18.2 Å². The molecule has 0 aromatic heterocycles. The van der Waals surface area contributed by atoms with Crippen molar-refractivity contribution in [2.45, 2.75) is 0 Å². The van der Waals surface area contributed by atoms with Crippen molar-refractivity contribution in [1.29, 1.82) is 0 Å². The highest BCUT2D eigenvalue weighted by Crippen LogP contribution is 2.28. The second kappa shape index (κ2) is 4.36. The minimum absolute atomic E-state index is 0.250. The largest absolute Gasteiger partial charge is 0.508 e. The second-order valence-electron chi connectivity index (χ2n) is 3.16. The molecule has 0 bridgehead atoms. The van der Waals surface area contributed by atoms with Gasteiger partial charge in [0.25, 0.3) is 0 Å². The van der Waals surface area contributed by atoms with E-state index in [0.717, 1.165) is 15.8 Å². The molecule has 3 heteroatoms. The summed E-state index contributed by atoms with van der Waals surface area (Å²) in [6.45, 7) is 0. The maximum atomic E-state index is 9.25. The number of para-hydroxylation sites is 1. The lowest BCUT2D eigenvalue weighted by Gasteiger charge is -2.08. The van der Waals surface area contributed by atoms with Gasteiger partial charge >= 0.3 is 0 Å². The van der Waals surface area contributed by atoms with Crippen LogP contribution >= 0.6 is 15.9 Å². The van der Waals surface area contributed by atoms with E-state index >= 15 is 0 Å². The van der Waals surface area contributed by atoms with E-state index < -0.39 is 0 Å². The number of hydrogen-bond acceptors (Lipinski definition) is 2. The predicted molar refractivity (Wildman–Crippen MR) is 65.5 cm³/mol. The Hall–Kier alpha value is -1.48. The van der Waals surface area contributed by atoms with Crippen molar-refractivity contribution in [3.05, 3.63) is 53.0 Å². The van der Waals surface area contributed by atoms with E-state index in [1.807, 2.05) is 36.4 Å². The normalized spacial score (nSPS) is 9.93. The van der Waals surface area contributed by atoms with Crippen LogP contribution in [0.4, 0.5) is 11.4 Å². The molecule has 0 unspecified atom stereocenters. The lowest BCUT2D eigenvalue weighted by Crippen LogP contribution is -1.90. The zero-order valence-electron chi connectivity index (χ0n) is 7.94. The molecule has 0 saturated carbocycles. The van der Waals surface area contributed by atoms with Gasteiger partial charge in [0.2, 0.25) is 0 Å². The minimum Gasteiger partial charge on any atom is -0.508 e. The number of aromatic hydroxyl groups is 1. The summed E-state index contributed by atoms with van der Waals surface area (Å²) in [5.74, 6) is 0.250. The Bertz CT molecular complexity index is 456. The highest BCUT2D eigenvalue weighted by atomic mass is 79.9. The highest BCUT2D eigenvalue weighted by Gasteiger charge is 2.00. The van der Waals surface area contributed by atoms with Crippen LogP contribution in [0.15, 0.2) is 53.0 Å². The first kappa shape index (κ1) is 10.1. The Kier molecular flexibility index (Phi) is 2.92. The molecule has 0 aliphatic carbocycles. The van der Waals surface area contributed by atoms with Crippen LogP contribution in [-0.4, -0.2) is 5.11 Å². The maximum Gasteiger partial charge on any atom is 0.116 e. The van der Waals surface area contributed by atoms with Crippen LogP contribution in [-0.2, 0) is 0 Å². The van der Waals surface area contributed by atoms with Crippen molar-refractivity contribution >= 4 is 27.3 Å². The van der Waals surface area contributed by atoms with E-state index in [9.17, 15) is 5.11 Å². The highest BCUT2D eigenvalue weighted by molar-refractivity contribution is 9.10. The van der Waals surface area contributed by atoms with Crippen LogP contribution in [0, 0.1) is 0 Å². The molecule has 0 aliphatic rings. The lowest BCUT2D eigenvalue weighted by molar-refractivity contribution is 0.475. The summed E-state index contributed by atoms with van der Waals surface area (Å²) < 4.78 is 0.839. The molecule has 0 saturated heterocycles. The Morgan fingerprint density at radius 2 is 1.73 bits per heavy atom. The molecule has 0 atom stereocenters. The number of rotatable bonds is 2. The monoisotopic (exact) mass is 263 g/mol. The molecular weight excluding hydrogens is 254 g/mol. The fourth-order valence-electron chi connectivity index (χ4n) is 1.28. The van der Waals surface area contributed by atoms with Crippen molar-refractivity contribution in [1.82, 2.24) is 0 Å². The topological polar surface area (TPSA) is 32.3 Å². The Morgan fingerprint density at radius 1 is 1.00 bits per heavy atom. The first-order chi connectivity index (χ1) is 7.25. The summed E-state index contributed by atoms with van der Waals surface area (Å²) in [7, 11) is 0. The molecule has 76 valence electrons. The zero-order valence-corrected chi connectivity index (χ0v) is 9.53. The number of hydrogen-bond donors (Lipinski definition) is 2. The first-order valence-electron chi connectivity index (χ1n) is 4.56. The number of benzene rings is 2. The molecule has 2 aromatic rings. The molecule has 2 aromatic carbocycles. The van der Waals surface area contributed by atoms with Gasteiger partial charge in [-0.05, 0) is 46.3 Å². The average Bonchev–Trinajstić information content (AvgIpc) is 2.24. The van der Waals surface area contributed by atoms with Crippen LogP contribution < -0.4 is 5.32 Å². The average molecular weight is 264 g/mol. The van der Waals surface area contributed by atoms with Crippen molar-refractivity contribution in [3.8, 4) is 5.75 Å². The van der Waals surface area contributed by atoms with Gasteiger partial charge in [-0.3, -0.25) is 0 Å². The molecule has 2 N–H and O–H groups in total. The molecule has 0 radical (unpaired) electrons. The van der Waals surface area contributed by atoms with Gasteiger partial charge in [-0.25, -0.2) is 0 Å². The van der Waals surface area contributed by atoms with Crippen molar-refractivity contribution in [2.75, 3.05) is 5.32 Å². The van der Waals surface area contributed by atoms with Gasteiger partial charge in [0.05, 0.1) is 5.69 Å². The Balaban J connectivity index is 2.25. The molecule has 0 aliphatic heterocycles. The quantitative estimate of drug-likeness (QED) is 0.806. The zero-order chi connectivity index (χ0) is 10.7. The third-order valence-electron chi connectivity index (χ3n) is 2.01. The maximum absolute atomic E-state index is 9.25. The van der Waals surface area contributed by atoms with Gasteiger partial charge in [0.15, 0.2) is 0 Å². The van der Waals surface area contributed by atoms with E-state index in [1.54, 1.807) is 12.1 Å². The van der Waals surface area contributed by atoms with Gasteiger partial charge in [-0.15, -0.1) is 0 Å². The number of phenolic OH excluding ortho intramolecular Hbond substituents is 1. The molecule has 2 rings (SSSR count). The van der Waals surface area contributed by atoms with E-state index in [1.165, 1.54) is 0 Å². The van der Waals surface area contributed by atoms with Crippen LogP contribution in [0.3, 0.4) is 0 Å². The molecule has 15 heavy (non-hydrogen) atoms. The number of phenols is 1. The minimum atomic E-state index is 0.250. The third kappa shape index (κ3) is 2.50. The fraction of sp³-hybridized carbons (Fsp3) is 0. The van der Waals surface area contributed by atoms with Crippen LogP contribution in [0.25, 0.3) is 0 Å². The molecule has 0 fully saturated rings. The van der Waals surface area contributed by atoms with Crippen molar-refractivity contribution < 1.29 is 5.11 Å². The second-order valence-corrected chi connectivity index (χ2v) is 4.01. The summed E-state index contributed by atoms with van der Waals surface area (Å²) in [6.07, 6.45) is 0. The van der Waals surface area contributed by atoms with Gasteiger partial charge < -0.3 is 10.4 Å². The summed E-state index contributed by atoms with van der Waals surface area (Å²) in [6, 6.07) is 15.0. The SMILES string of the molecule is Oc1ccc(Nc2ccccc2)c(Br)c1. The van der Waals surface area contributed by atoms with Crippen molar-refractivity contribution in [3.63, 3.8) is 0 Å². The summed E-state index contributed by atoms with van der Waals surface area (Å²) in [5, 5.41) is 12.5. The molecular formula is C12H10BrNO. The predicted octanol–water partition coefficient (Wildman–Crippen LogP) is 3.90. The lowest BCUT2D eigenvalue weighted by atomic mass is 10.2. The fourth-order valence-corrected chi connectivity index (χ4v) is 1.75. The number of halogens is 1. The Labute approximate surface area is 96.7 Å². The molecule has 0 spiro atoms. The Morgan fingerprint density at radius 3 is 2.40 bits per heavy atom. The number of anilines is 2. The van der Waals surface area contributed by atoms with Gasteiger partial charge in [0, 0.05) is 10.2 Å². The molecule has 0 heterocycles. The molecule has 2 nitrogen and oxygen atoms in total. The van der Waals surface area contributed by atoms with Crippen LogP contribution in [0.1, 0.15) is 0 Å². The van der Waals surface area contributed by atoms with Crippen LogP contribution in [0.5, 0.6) is 5.75 Å². The van der Waals surface area contributed by atoms with Crippen molar-refractivity contribution in [2.24, 2.45) is 0 Å². The first-order valence-corrected chi connectivity index (χ1v) is 5.35.